The molecule has 1 aliphatic heterocycles. The molecular formula is C28H39ClN2O2. The molecule has 0 spiro atoms. The molecule has 3 rings (SSSR count). The summed E-state index contributed by atoms with van der Waals surface area (Å²) in [5.41, 5.74) is 4.96. The molecule has 1 unspecified atom stereocenters. The number of hydrogen-bond acceptors (Lipinski definition) is 3. The molecule has 1 aromatic rings. The van der Waals surface area contributed by atoms with Crippen LogP contribution < -0.4 is 5.32 Å². The summed E-state index contributed by atoms with van der Waals surface area (Å²) in [5.74, 6) is 0.910. The summed E-state index contributed by atoms with van der Waals surface area (Å²) in [6.45, 7) is 9.48. The van der Waals surface area contributed by atoms with E-state index in [0.29, 0.717) is 11.8 Å². The Hall–Kier alpha value is -2.20. The number of nitrogens with zero attached hydrogens (tertiary/aromatic N) is 1. The Kier molecular flexibility index (Phi) is 8.69. The van der Waals surface area contributed by atoms with Gasteiger partial charge in [-0.1, -0.05) is 43.2 Å². The minimum absolute atomic E-state index is 0.196. The molecule has 1 amide bonds. The summed E-state index contributed by atoms with van der Waals surface area (Å²) < 4.78 is 5.60. The van der Waals surface area contributed by atoms with E-state index >= 15 is 0 Å². The Balaban J connectivity index is 1.87. The van der Waals surface area contributed by atoms with Gasteiger partial charge in [0.05, 0.1) is 0 Å². The molecule has 0 radical (unpaired) electrons. The van der Waals surface area contributed by atoms with E-state index in [1.807, 2.05) is 45.0 Å². The number of fused-ring (bicyclic) bond motifs is 1. The van der Waals surface area contributed by atoms with Crippen molar-refractivity contribution in [2.45, 2.75) is 71.3 Å². The first-order valence-electron chi connectivity index (χ1n) is 12.2. The van der Waals surface area contributed by atoms with Crippen LogP contribution in [0.5, 0.6) is 0 Å². The van der Waals surface area contributed by atoms with Crippen LogP contribution in [0.4, 0.5) is 4.79 Å². The van der Waals surface area contributed by atoms with Gasteiger partial charge in [0.2, 0.25) is 0 Å². The maximum absolute atomic E-state index is 12.6. The molecule has 2 aliphatic rings. The lowest BCUT2D eigenvalue weighted by Gasteiger charge is -2.37. The SMILES string of the molecule is CCCC1=Cc2cc(Cl)ccc2C(C2CCN(C(=O)OC(C)(C)C)CC2)C/C1=C\C=C/NC. The second-order valence-electron chi connectivity index (χ2n) is 10.1. The van der Waals surface area contributed by atoms with Crippen LogP contribution >= 0.6 is 11.6 Å². The summed E-state index contributed by atoms with van der Waals surface area (Å²) in [6, 6.07) is 6.35. The lowest BCUT2D eigenvalue weighted by molar-refractivity contribution is 0.0174. The zero-order valence-corrected chi connectivity index (χ0v) is 21.5. The molecule has 0 bridgehead atoms. The molecule has 180 valence electrons. The van der Waals surface area contributed by atoms with Gasteiger partial charge in [-0.2, -0.15) is 0 Å². The highest BCUT2D eigenvalue weighted by atomic mass is 35.5. The van der Waals surface area contributed by atoms with E-state index in [2.05, 4.69) is 42.6 Å². The topological polar surface area (TPSA) is 41.6 Å². The molecule has 1 aliphatic carbocycles. The van der Waals surface area contributed by atoms with E-state index in [0.717, 1.165) is 50.2 Å². The fourth-order valence-corrected chi connectivity index (χ4v) is 5.12. The van der Waals surface area contributed by atoms with E-state index < -0.39 is 5.60 Å². The average Bonchev–Trinajstić information content (AvgIpc) is 2.90. The van der Waals surface area contributed by atoms with E-state index in [-0.39, 0.29) is 6.09 Å². The van der Waals surface area contributed by atoms with E-state index in [1.165, 1.54) is 22.3 Å². The number of benzene rings is 1. The zero-order chi connectivity index (χ0) is 24.0. The van der Waals surface area contributed by atoms with Crippen molar-refractivity contribution in [3.63, 3.8) is 0 Å². The van der Waals surface area contributed by atoms with Crippen LogP contribution in [0.2, 0.25) is 5.02 Å². The van der Waals surface area contributed by atoms with Gasteiger partial charge >= 0.3 is 6.09 Å². The Morgan fingerprint density at radius 3 is 2.64 bits per heavy atom. The quantitative estimate of drug-likeness (QED) is 0.490. The van der Waals surface area contributed by atoms with Crippen molar-refractivity contribution in [3.05, 3.63) is 63.8 Å². The van der Waals surface area contributed by atoms with Crippen molar-refractivity contribution in [2.75, 3.05) is 20.1 Å². The van der Waals surface area contributed by atoms with Gasteiger partial charge in [-0.3, -0.25) is 0 Å². The summed E-state index contributed by atoms with van der Waals surface area (Å²) in [5, 5.41) is 3.87. The molecule has 1 fully saturated rings. The first kappa shape index (κ1) is 25.4. The maximum atomic E-state index is 12.6. The Bertz CT molecular complexity index is 918. The molecule has 4 nitrogen and oxygen atoms in total. The monoisotopic (exact) mass is 470 g/mol. The van der Waals surface area contributed by atoms with Crippen LogP contribution in [0.25, 0.3) is 6.08 Å². The summed E-state index contributed by atoms with van der Waals surface area (Å²) in [6.07, 6.45) is 13.6. The number of piperidine rings is 1. The van der Waals surface area contributed by atoms with Gasteiger partial charge in [0.1, 0.15) is 5.60 Å². The number of halogens is 1. The van der Waals surface area contributed by atoms with Gasteiger partial charge < -0.3 is 15.0 Å². The first-order chi connectivity index (χ1) is 15.7. The number of amides is 1. The minimum Gasteiger partial charge on any atom is -0.444 e. The largest absolute Gasteiger partial charge is 0.444 e. The first-order valence-corrected chi connectivity index (χ1v) is 12.6. The molecule has 5 heteroatoms. The second-order valence-corrected chi connectivity index (χ2v) is 10.6. The molecule has 0 aromatic heterocycles. The summed E-state index contributed by atoms with van der Waals surface area (Å²) >= 11 is 6.41. The highest BCUT2D eigenvalue weighted by Crippen LogP contribution is 2.44. The van der Waals surface area contributed by atoms with Gasteiger partial charge in [-0.15, -0.1) is 0 Å². The smallest absolute Gasteiger partial charge is 0.410 e. The lowest BCUT2D eigenvalue weighted by Crippen LogP contribution is -2.42. The molecule has 1 N–H and O–H groups in total. The van der Waals surface area contributed by atoms with E-state index in [1.54, 1.807) is 0 Å². The van der Waals surface area contributed by atoms with Crippen LogP contribution in [0, 0.1) is 5.92 Å². The fraction of sp³-hybridized carbons (Fsp3) is 0.536. The zero-order valence-electron chi connectivity index (χ0n) is 20.8. The molecular weight excluding hydrogens is 432 g/mol. The molecule has 1 aromatic carbocycles. The number of carbonyl (C=O) groups excluding carboxylic acids is 1. The van der Waals surface area contributed by atoms with Crippen molar-refractivity contribution in [1.29, 1.82) is 0 Å². The summed E-state index contributed by atoms with van der Waals surface area (Å²) in [7, 11) is 1.92. The Labute approximate surface area is 204 Å². The van der Waals surface area contributed by atoms with Gasteiger partial charge in [-0.05, 0) is 105 Å². The van der Waals surface area contributed by atoms with Crippen LogP contribution in [0.3, 0.4) is 0 Å². The highest BCUT2D eigenvalue weighted by Gasteiger charge is 2.33. The third-order valence-electron chi connectivity index (χ3n) is 6.47. The third kappa shape index (κ3) is 6.89. The van der Waals surface area contributed by atoms with Crippen molar-refractivity contribution >= 4 is 23.8 Å². The van der Waals surface area contributed by atoms with Crippen molar-refractivity contribution in [1.82, 2.24) is 10.2 Å². The lowest BCUT2D eigenvalue weighted by atomic mass is 9.76. The second kappa shape index (κ2) is 11.3. The number of hydrogen-bond donors (Lipinski definition) is 1. The number of nitrogens with one attached hydrogen (secondary N) is 1. The predicted molar refractivity (Wildman–Crippen MR) is 139 cm³/mol. The Morgan fingerprint density at radius 2 is 2.00 bits per heavy atom. The minimum atomic E-state index is -0.463. The fourth-order valence-electron chi connectivity index (χ4n) is 4.94. The van der Waals surface area contributed by atoms with Gasteiger partial charge in [0.25, 0.3) is 0 Å². The van der Waals surface area contributed by atoms with Crippen molar-refractivity contribution in [3.8, 4) is 0 Å². The molecule has 1 heterocycles. The molecule has 1 atom stereocenters. The molecule has 1 saturated heterocycles. The molecule has 0 saturated carbocycles. The maximum Gasteiger partial charge on any atom is 0.410 e. The summed E-state index contributed by atoms with van der Waals surface area (Å²) in [4.78, 5) is 14.4. The van der Waals surface area contributed by atoms with Crippen molar-refractivity contribution in [2.24, 2.45) is 5.92 Å². The Morgan fingerprint density at radius 1 is 1.27 bits per heavy atom. The van der Waals surface area contributed by atoms with E-state index in [4.69, 9.17) is 16.3 Å². The number of allylic oxidation sites excluding steroid dienone is 4. The van der Waals surface area contributed by atoms with Gasteiger partial charge in [0, 0.05) is 25.2 Å². The van der Waals surface area contributed by atoms with Gasteiger partial charge in [0.15, 0.2) is 0 Å². The number of likely N-dealkylation sites (tertiary alicyclic amines) is 1. The van der Waals surface area contributed by atoms with E-state index in [9.17, 15) is 4.79 Å². The van der Waals surface area contributed by atoms with Crippen molar-refractivity contribution < 1.29 is 9.53 Å². The van der Waals surface area contributed by atoms with Crippen LogP contribution in [0.15, 0.2) is 47.7 Å². The number of rotatable bonds is 5. The number of carbonyl (C=O) groups is 1. The standard InChI is InChI=1S/C28H39ClN2O2/c1-6-8-21-17-23-18-24(29)10-11-25(23)26(19-22(21)9-7-14-30-5)20-12-15-31(16-13-20)27(32)33-28(2,3)4/h7,9-11,14,17-18,20,26,30H,6,8,12-13,15-16,19H2,1-5H3/b14-7-,22-9+. The van der Waals surface area contributed by atoms with Crippen LogP contribution in [-0.2, 0) is 4.74 Å². The normalized spacial score (nSPS) is 21.0. The number of ether oxygens (including phenoxy) is 1. The third-order valence-corrected chi connectivity index (χ3v) is 6.71. The average molecular weight is 471 g/mol. The predicted octanol–water partition coefficient (Wildman–Crippen LogP) is 7.32. The van der Waals surface area contributed by atoms with Crippen LogP contribution in [-0.4, -0.2) is 36.7 Å². The van der Waals surface area contributed by atoms with Crippen LogP contribution in [0.1, 0.15) is 76.8 Å². The molecule has 33 heavy (non-hydrogen) atoms. The highest BCUT2D eigenvalue weighted by molar-refractivity contribution is 6.30. The van der Waals surface area contributed by atoms with Gasteiger partial charge in [-0.25, -0.2) is 4.79 Å².